The number of ether oxygens (including phenoxy) is 4. The number of methoxy groups -OCH3 is 4. The number of hydrazone groups is 2. The fraction of sp³-hybridized carbons (Fsp3) is 0.200. The molecule has 14 N–H and O–H groups in total. The highest BCUT2D eigenvalue weighted by molar-refractivity contribution is 7.79. The third-order valence-corrected chi connectivity index (χ3v) is 4.08. The van der Waals surface area contributed by atoms with Crippen LogP contribution < -0.4 is 62.9 Å². The van der Waals surface area contributed by atoms with E-state index in [-0.39, 0.29) is 57.5 Å². The molecule has 20 nitrogen and oxygen atoms in total. The van der Waals surface area contributed by atoms with Crippen molar-refractivity contribution in [1.82, 2.24) is 10.9 Å². The number of hydrogen-bond acceptors (Lipinski definition) is 12. The zero-order chi connectivity index (χ0) is 31.9. The van der Waals surface area contributed by atoms with Gasteiger partial charge in [0.15, 0.2) is 23.0 Å². The summed E-state index contributed by atoms with van der Waals surface area (Å²) >= 11 is 0. The first kappa shape index (κ1) is 35.6. The Hall–Kier alpha value is -5.41. The van der Waals surface area contributed by atoms with Crippen LogP contribution in [0.5, 0.6) is 34.5 Å². The highest BCUT2D eigenvalue weighted by Gasteiger charge is 2.17. The third kappa shape index (κ3) is 13.3. The zero-order valence-electron chi connectivity index (χ0n) is 22.0. The van der Waals surface area contributed by atoms with Crippen molar-refractivity contribution in [2.75, 3.05) is 28.4 Å². The molecule has 0 atom stereocenters. The number of phenolic OH excluding ortho intramolecular Hbond substituents is 2. The van der Waals surface area contributed by atoms with Gasteiger partial charge in [-0.2, -0.15) is 10.2 Å². The Morgan fingerprint density at radius 1 is 0.707 bits per heavy atom. The Morgan fingerprint density at radius 3 is 1.22 bits per heavy atom. The van der Waals surface area contributed by atoms with E-state index >= 15 is 0 Å². The van der Waals surface area contributed by atoms with Crippen LogP contribution in [0.2, 0.25) is 0 Å². The third-order valence-electron chi connectivity index (χ3n) is 4.08. The van der Waals surface area contributed by atoms with Crippen LogP contribution >= 0.6 is 0 Å². The summed E-state index contributed by atoms with van der Waals surface area (Å²) in [4.78, 5) is 23.3. The van der Waals surface area contributed by atoms with E-state index in [1.54, 1.807) is 0 Å². The van der Waals surface area contributed by atoms with Gasteiger partial charge < -0.3 is 38.3 Å². The number of nitrogens with two attached hydrogens (primary N) is 4. The van der Waals surface area contributed by atoms with E-state index in [4.69, 9.17) is 59.4 Å². The van der Waals surface area contributed by atoms with Crippen LogP contribution in [0.3, 0.4) is 0 Å². The molecular weight excluding hydrogens is 576 g/mol. The highest BCUT2D eigenvalue weighted by atomic mass is 32.3. The van der Waals surface area contributed by atoms with E-state index < -0.39 is 22.2 Å². The lowest BCUT2D eigenvalue weighted by Gasteiger charge is -2.10. The van der Waals surface area contributed by atoms with Crippen LogP contribution in [0.4, 0.5) is 0 Å². The van der Waals surface area contributed by atoms with Gasteiger partial charge >= 0.3 is 11.9 Å². The molecule has 0 fully saturated rings. The molecule has 2 aromatic rings. The number of carbonyl (C=O) groups is 2. The van der Waals surface area contributed by atoms with E-state index in [2.05, 4.69) is 21.1 Å². The molecular formula is C20H30N8O12S. The molecule has 0 radical (unpaired) electrons. The maximum Gasteiger partial charge on any atom is 0.360 e. The van der Waals surface area contributed by atoms with Crippen molar-refractivity contribution >= 4 is 34.1 Å². The number of amides is 2. The van der Waals surface area contributed by atoms with Gasteiger partial charge in [0.2, 0.25) is 11.5 Å². The number of benzene rings is 2. The minimum absolute atomic E-state index is 0.145. The van der Waals surface area contributed by atoms with Crippen LogP contribution in [-0.4, -0.2) is 79.9 Å². The predicted molar refractivity (Wildman–Crippen MR) is 137 cm³/mol. The quantitative estimate of drug-likeness (QED) is 0.0439. The summed E-state index contributed by atoms with van der Waals surface area (Å²) in [7, 11) is 0.373. The molecule has 0 saturated heterocycles. The van der Waals surface area contributed by atoms with Crippen molar-refractivity contribution in [2.24, 2.45) is 22.9 Å². The van der Waals surface area contributed by atoms with Gasteiger partial charge in [0.05, 0.1) is 28.4 Å². The molecule has 0 heterocycles. The average molecular weight is 607 g/mol. The van der Waals surface area contributed by atoms with Gasteiger partial charge in [-0.05, 0) is 24.3 Å². The highest BCUT2D eigenvalue weighted by Crippen LogP contribution is 2.38. The number of aromatic hydroxyl groups is 2. The number of nitrogens with one attached hydrogen (secondary N) is 4. The first-order chi connectivity index (χ1) is 19.0. The number of rotatable bonds is 8. The summed E-state index contributed by atoms with van der Waals surface area (Å²) in [6.07, 6.45) is 0. The Morgan fingerprint density at radius 2 is 1.00 bits per heavy atom. The second-order valence-electron chi connectivity index (χ2n) is 6.94. The van der Waals surface area contributed by atoms with Crippen molar-refractivity contribution in [3.8, 4) is 34.5 Å². The van der Waals surface area contributed by atoms with E-state index in [0.29, 0.717) is 0 Å². The van der Waals surface area contributed by atoms with Crippen LogP contribution in [0.25, 0.3) is 0 Å². The van der Waals surface area contributed by atoms with E-state index in [1.165, 1.54) is 52.7 Å². The molecule has 0 aliphatic heterocycles. The minimum Gasteiger partial charge on any atom is -0.759 e. The van der Waals surface area contributed by atoms with Gasteiger partial charge in [0, 0.05) is 21.5 Å². The molecule has 0 unspecified atom stereocenters. The largest absolute Gasteiger partial charge is 0.759 e. The van der Waals surface area contributed by atoms with Gasteiger partial charge in [-0.1, -0.05) is 0 Å². The van der Waals surface area contributed by atoms with Gasteiger partial charge in [-0.3, -0.25) is 40.9 Å². The summed E-state index contributed by atoms with van der Waals surface area (Å²) in [5.74, 6) is -1.09. The van der Waals surface area contributed by atoms with E-state index in [9.17, 15) is 19.8 Å². The molecule has 0 aromatic heterocycles. The maximum absolute atomic E-state index is 11.7. The lowest BCUT2D eigenvalue weighted by molar-refractivity contribution is -0.510. The number of carbonyl (C=O) groups excluding carboxylic acids is 2. The molecule has 41 heavy (non-hydrogen) atoms. The van der Waals surface area contributed by atoms with Gasteiger partial charge in [-0.15, -0.1) is 0 Å². The van der Waals surface area contributed by atoms with Crippen molar-refractivity contribution in [3.63, 3.8) is 0 Å². The van der Waals surface area contributed by atoms with Gasteiger partial charge in [0.1, 0.15) is 0 Å². The zero-order valence-corrected chi connectivity index (χ0v) is 22.8. The van der Waals surface area contributed by atoms with E-state index in [1.807, 2.05) is 0 Å². The van der Waals surface area contributed by atoms with E-state index in [0.717, 1.165) is 0 Å². The molecule has 0 aliphatic rings. The molecule has 2 amide bonds. The molecule has 21 heteroatoms. The number of hydrogen-bond donors (Lipinski definition) is 10. The standard InChI is InChI=1S/2C10H14N4O4.H2O4S/c2*1-17-7-4-5(3-6(15)8(7)18-2)9(16)13-14-10(11)12;1-5(2,3)4/h2*3-4,15H,1-2H3,(H,13,16)(H4,11,12,14);(H2,1,2,3,4). The Kier molecular flexibility index (Phi) is 14.3. The Balaban J connectivity index is 0.000000671. The molecule has 0 bridgehead atoms. The maximum atomic E-state index is 11.7. The van der Waals surface area contributed by atoms with Crippen LogP contribution in [-0.2, 0) is 10.4 Å². The molecule has 0 aliphatic carbocycles. The second-order valence-corrected chi connectivity index (χ2v) is 7.76. The summed E-state index contributed by atoms with van der Waals surface area (Å²) in [6, 6.07) is 5.26. The normalized spacial score (nSPS) is 9.71. The summed E-state index contributed by atoms with van der Waals surface area (Å²) in [6.45, 7) is 0. The molecule has 0 saturated carbocycles. The van der Waals surface area contributed by atoms with Crippen molar-refractivity contribution in [2.45, 2.75) is 0 Å². The lowest BCUT2D eigenvalue weighted by Crippen LogP contribution is -2.88. The number of hydrazine groups is 2. The second kappa shape index (κ2) is 16.5. The molecule has 2 rings (SSSR count). The Labute approximate surface area is 233 Å². The van der Waals surface area contributed by atoms with Crippen LogP contribution in [0.15, 0.2) is 24.3 Å². The predicted octanol–water partition coefficient (Wildman–Crippen LogP) is -6.52. The topological polar surface area (TPSA) is 348 Å². The molecule has 2 aromatic carbocycles. The first-order valence-electron chi connectivity index (χ1n) is 10.4. The van der Waals surface area contributed by atoms with Crippen molar-refractivity contribution in [1.29, 1.82) is 0 Å². The fourth-order valence-electron chi connectivity index (χ4n) is 2.55. The molecule has 0 spiro atoms. The summed E-state index contributed by atoms with van der Waals surface area (Å²) in [5.41, 5.74) is 25.3. The lowest BCUT2D eigenvalue weighted by atomic mass is 10.1. The first-order valence-corrected chi connectivity index (χ1v) is 11.8. The van der Waals surface area contributed by atoms with Gasteiger partial charge in [-0.25, -0.2) is 10.9 Å². The Bertz CT molecular complexity index is 1280. The SMILES string of the molecule is COc1cc(C(=O)N[NH+]=C(N)N)cc(O)c1OC.COc1cc(C(=O)N[NH+]=C(N)N)cc(O)c1OC.O=S(=O)([O-])[O-]. The summed E-state index contributed by atoms with van der Waals surface area (Å²) in [5, 5.41) is 23.8. The van der Waals surface area contributed by atoms with Gasteiger partial charge in [0.25, 0.3) is 11.8 Å². The monoisotopic (exact) mass is 606 g/mol. The van der Waals surface area contributed by atoms with Crippen molar-refractivity contribution < 1.29 is 66.5 Å². The smallest absolute Gasteiger partial charge is 0.360 e. The van der Waals surface area contributed by atoms with Crippen LogP contribution in [0, 0.1) is 0 Å². The number of phenols is 2. The minimum atomic E-state index is -5.17. The summed E-state index contributed by atoms with van der Waals surface area (Å²) < 4.78 is 53.9. The van der Waals surface area contributed by atoms with Crippen LogP contribution in [0.1, 0.15) is 20.7 Å². The fourth-order valence-corrected chi connectivity index (χ4v) is 2.55. The van der Waals surface area contributed by atoms with Crippen molar-refractivity contribution in [3.05, 3.63) is 35.4 Å². The number of guanidine groups is 2. The average Bonchev–Trinajstić information content (AvgIpc) is 2.88. The molecule has 228 valence electrons.